The number of hydrogen-bond acceptors (Lipinski definition) is 5. The molecule has 1 heterocycles. The third-order valence-corrected chi connectivity index (χ3v) is 6.50. The number of halogens is 1. The Hall–Kier alpha value is -2.78. The molecular formula is C21H24FN3O4S. The van der Waals surface area contributed by atoms with Crippen molar-refractivity contribution in [2.24, 2.45) is 0 Å². The molecule has 0 aliphatic carbocycles. The maximum Gasteiger partial charge on any atom is 0.240 e. The number of para-hydroxylation sites is 1. The zero-order valence-corrected chi connectivity index (χ0v) is 17.5. The summed E-state index contributed by atoms with van der Waals surface area (Å²) in [6.07, 6.45) is 0.0322. The summed E-state index contributed by atoms with van der Waals surface area (Å²) in [7, 11) is -3.76. The van der Waals surface area contributed by atoms with Crippen molar-refractivity contribution in [2.75, 3.05) is 37.6 Å². The molecule has 0 atom stereocenters. The van der Waals surface area contributed by atoms with Crippen molar-refractivity contribution in [3.8, 4) is 0 Å². The number of carbonyl (C=O) groups excluding carboxylic acids is 2. The predicted molar refractivity (Wildman–Crippen MR) is 111 cm³/mol. The number of sulfonamides is 1. The van der Waals surface area contributed by atoms with E-state index in [-0.39, 0.29) is 35.4 Å². The molecule has 2 aromatic rings. The second-order valence-corrected chi connectivity index (χ2v) is 8.81. The van der Waals surface area contributed by atoms with E-state index >= 15 is 0 Å². The number of anilines is 1. The Morgan fingerprint density at radius 3 is 2.23 bits per heavy atom. The number of carbonyl (C=O) groups is 2. The van der Waals surface area contributed by atoms with Crippen LogP contribution in [0.1, 0.15) is 23.7 Å². The van der Waals surface area contributed by atoms with E-state index in [1.807, 2.05) is 4.90 Å². The Labute approximate surface area is 175 Å². The van der Waals surface area contributed by atoms with Crippen molar-refractivity contribution in [2.45, 2.75) is 18.2 Å². The van der Waals surface area contributed by atoms with Crippen molar-refractivity contribution >= 4 is 27.4 Å². The average molecular weight is 434 g/mol. The van der Waals surface area contributed by atoms with Crippen LogP contribution in [0.5, 0.6) is 0 Å². The maximum absolute atomic E-state index is 13.9. The van der Waals surface area contributed by atoms with Gasteiger partial charge in [-0.05, 0) is 31.2 Å². The van der Waals surface area contributed by atoms with Crippen LogP contribution in [0.25, 0.3) is 0 Å². The lowest BCUT2D eigenvalue weighted by Crippen LogP contribution is -2.49. The molecule has 0 aromatic heterocycles. The maximum atomic E-state index is 13.9. The molecule has 1 fully saturated rings. The van der Waals surface area contributed by atoms with Gasteiger partial charge in [0.05, 0.1) is 10.6 Å². The molecule has 1 aliphatic rings. The van der Waals surface area contributed by atoms with Gasteiger partial charge in [-0.15, -0.1) is 0 Å². The number of nitrogens with zero attached hydrogens (tertiary/aromatic N) is 2. The van der Waals surface area contributed by atoms with Gasteiger partial charge in [0.2, 0.25) is 15.9 Å². The van der Waals surface area contributed by atoms with Gasteiger partial charge >= 0.3 is 0 Å². The van der Waals surface area contributed by atoms with E-state index in [0.717, 1.165) is 0 Å². The molecule has 7 nitrogen and oxygen atoms in total. The first-order valence-corrected chi connectivity index (χ1v) is 11.1. The summed E-state index contributed by atoms with van der Waals surface area (Å²) < 4.78 is 41.0. The summed E-state index contributed by atoms with van der Waals surface area (Å²) in [6, 6.07) is 12.2. The van der Waals surface area contributed by atoms with Crippen LogP contribution in [-0.4, -0.2) is 57.7 Å². The minimum absolute atomic E-state index is 0.0246. The largest absolute Gasteiger partial charge is 0.366 e. The Kier molecular flexibility index (Phi) is 6.84. The first-order chi connectivity index (χ1) is 14.3. The number of rotatable bonds is 7. The van der Waals surface area contributed by atoms with E-state index in [4.69, 9.17) is 0 Å². The topological polar surface area (TPSA) is 86.8 Å². The van der Waals surface area contributed by atoms with Gasteiger partial charge in [0.1, 0.15) is 5.82 Å². The molecular weight excluding hydrogens is 409 g/mol. The number of ketones is 1. The molecule has 30 heavy (non-hydrogen) atoms. The molecule has 0 radical (unpaired) electrons. The van der Waals surface area contributed by atoms with Crippen LogP contribution in [0.4, 0.5) is 10.1 Å². The molecule has 1 amide bonds. The molecule has 160 valence electrons. The van der Waals surface area contributed by atoms with Gasteiger partial charge in [-0.2, -0.15) is 0 Å². The van der Waals surface area contributed by atoms with Crippen LogP contribution < -0.4 is 9.62 Å². The van der Waals surface area contributed by atoms with E-state index in [1.165, 1.54) is 37.3 Å². The first kappa shape index (κ1) is 21.9. The smallest absolute Gasteiger partial charge is 0.240 e. The lowest BCUT2D eigenvalue weighted by molar-refractivity contribution is -0.131. The van der Waals surface area contributed by atoms with Crippen LogP contribution in [-0.2, 0) is 14.8 Å². The molecule has 1 N–H and O–H groups in total. The molecule has 9 heteroatoms. The standard InChI is InChI=1S/C21H24FN3O4S/c1-16(26)17-6-8-18(9-7-17)30(28,29)23-11-10-21(27)25-14-12-24(13-15-25)20-5-3-2-4-19(20)22/h2-9,23H,10-15H2,1H3. The number of Topliss-reactive ketones (excluding diaryl/α,β-unsaturated/α-hetero) is 1. The quantitative estimate of drug-likeness (QED) is 0.676. The van der Waals surface area contributed by atoms with Crippen molar-refractivity contribution < 1.29 is 22.4 Å². The second kappa shape index (κ2) is 9.36. The SMILES string of the molecule is CC(=O)c1ccc(S(=O)(=O)NCCC(=O)N2CCN(c3ccccc3F)CC2)cc1. The highest BCUT2D eigenvalue weighted by molar-refractivity contribution is 7.89. The summed E-state index contributed by atoms with van der Waals surface area (Å²) in [4.78, 5) is 27.3. The van der Waals surface area contributed by atoms with Crippen LogP contribution in [0.3, 0.4) is 0 Å². The molecule has 0 bridgehead atoms. The molecule has 3 rings (SSSR count). The Balaban J connectivity index is 1.48. The molecule has 1 saturated heterocycles. The monoisotopic (exact) mass is 433 g/mol. The van der Waals surface area contributed by atoms with Crippen molar-refractivity contribution in [3.05, 3.63) is 59.9 Å². The highest BCUT2D eigenvalue weighted by Gasteiger charge is 2.23. The van der Waals surface area contributed by atoms with Crippen molar-refractivity contribution in [1.82, 2.24) is 9.62 Å². The lowest BCUT2D eigenvalue weighted by atomic mass is 10.2. The zero-order valence-electron chi connectivity index (χ0n) is 16.7. The van der Waals surface area contributed by atoms with E-state index in [9.17, 15) is 22.4 Å². The number of hydrogen-bond donors (Lipinski definition) is 1. The summed E-state index contributed by atoms with van der Waals surface area (Å²) in [6.45, 7) is 3.31. The zero-order chi connectivity index (χ0) is 21.7. The first-order valence-electron chi connectivity index (χ1n) is 9.66. The van der Waals surface area contributed by atoms with Crippen LogP contribution in [0.2, 0.25) is 0 Å². The fraction of sp³-hybridized carbons (Fsp3) is 0.333. The van der Waals surface area contributed by atoms with Crippen LogP contribution in [0.15, 0.2) is 53.4 Å². The number of piperazine rings is 1. The molecule has 1 aliphatic heterocycles. The number of nitrogens with one attached hydrogen (secondary N) is 1. The fourth-order valence-corrected chi connectivity index (χ4v) is 4.34. The summed E-state index contributed by atoms with van der Waals surface area (Å²) in [5.74, 6) is -0.589. The molecule has 0 spiro atoms. The molecule has 2 aromatic carbocycles. The second-order valence-electron chi connectivity index (χ2n) is 7.05. The molecule has 0 saturated carbocycles. The Morgan fingerprint density at radius 1 is 1.00 bits per heavy atom. The normalized spacial score (nSPS) is 14.6. The van der Waals surface area contributed by atoms with Crippen LogP contribution >= 0.6 is 0 Å². The highest BCUT2D eigenvalue weighted by atomic mass is 32.2. The van der Waals surface area contributed by atoms with Crippen molar-refractivity contribution in [3.63, 3.8) is 0 Å². The van der Waals surface area contributed by atoms with Gasteiger partial charge in [0.25, 0.3) is 0 Å². The van der Waals surface area contributed by atoms with Gasteiger partial charge in [-0.1, -0.05) is 24.3 Å². The number of benzene rings is 2. The average Bonchev–Trinajstić information content (AvgIpc) is 2.74. The number of amides is 1. The lowest BCUT2D eigenvalue weighted by Gasteiger charge is -2.36. The van der Waals surface area contributed by atoms with Gasteiger partial charge < -0.3 is 9.80 Å². The predicted octanol–water partition coefficient (Wildman–Crippen LogP) is 2.05. The molecule has 0 unspecified atom stereocenters. The Morgan fingerprint density at radius 2 is 1.63 bits per heavy atom. The third-order valence-electron chi connectivity index (χ3n) is 5.03. The van der Waals surface area contributed by atoms with E-state index in [1.54, 1.807) is 23.1 Å². The Bertz CT molecular complexity index is 1020. The summed E-state index contributed by atoms with van der Waals surface area (Å²) >= 11 is 0. The van der Waals surface area contributed by atoms with Gasteiger partial charge in [0.15, 0.2) is 5.78 Å². The minimum Gasteiger partial charge on any atom is -0.366 e. The summed E-state index contributed by atoms with van der Waals surface area (Å²) in [5.41, 5.74) is 0.951. The minimum atomic E-state index is -3.76. The van der Waals surface area contributed by atoms with Gasteiger partial charge in [-0.3, -0.25) is 9.59 Å². The van der Waals surface area contributed by atoms with Crippen LogP contribution in [0, 0.1) is 5.82 Å². The van der Waals surface area contributed by atoms with Gasteiger partial charge in [0, 0.05) is 44.7 Å². The fourth-order valence-electron chi connectivity index (χ4n) is 3.31. The third kappa shape index (κ3) is 5.22. The summed E-state index contributed by atoms with van der Waals surface area (Å²) in [5, 5.41) is 0. The van der Waals surface area contributed by atoms with E-state index in [0.29, 0.717) is 37.4 Å². The van der Waals surface area contributed by atoms with Crippen molar-refractivity contribution in [1.29, 1.82) is 0 Å². The highest BCUT2D eigenvalue weighted by Crippen LogP contribution is 2.20. The van der Waals surface area contributed by atoms with E-state index < -0.39 is 10.0 Å². The van der Waals surface area contributed by atoms with Gasteiger partial charge in [-0.25, -0.2) is 17.5 Å². The van der Waals surface area contributed by atoms with E-state index in [2.05, 4.69) is 4.72 Å².